The largest absolute Gasteiger partial charge is 0.633 e. The van der Waals surface area contributed by atoms with Crippen LogP contribution in [0, 0.1) is 22.0 Å². The lowest BCUT2D eigenvalue weighted by Crippen LogP contribution is -2.42. The average Bonchev–Trinajstić information content (AvgIpc) is 3.52. The lowest BCUT2D eigenvalue weighted by atomic mass is 9.81. The topological polar surface area (TPSA) is 145 Å². The van der Waals surface area contributed by atoms with E-state index >= 15 is 0 Å². The zero-order valence-electron chi connectivity index (χ0n) is 20.8. The number of ketones is 2. The molecule has 4 N–H and O–H groups in total. The third-order valence-electron chi connectivity index (χ3n) is 7.88. The molecule has 0 unspecified atom stereocenters. The zero-order valence-corrected chi connectivity index (χ0v) is 20.8. The molecule has 38 heavy (non-hydrogen) atoms. The standard InChI is InChI=1S/C26H30F2N4O6/c27-21-22(28)26(36)20-19(25(21)35)23(33)17-15(29-7-13-31(37)9-1-2-10-31)5-6-16(18(17)24(20)34)30-8-14-32(38)11-3-4-12-32/h5-6,29-30,35-36H,1-4,7-14H2. The number of rotatable bonds is 8. The van der Waals surface area contributed by atoms with Crippen molar-refractivity contribution in [3.63, 3.8) is 0 Å². The van der Waals surface area contributed by atoms with E-state index in [9.17, 15) is 39.0 Å². The number of hydrogen-bond acceptors (Lipinski definition) is 8. The van der Waals surface area contributed by atoms with Gasteiger partial charge in [-0.2, -0.15) is 8.78 Å². The van der Waals surface area contributed by atoms with Crippen molar-refractivity contribution in [2.75, 3.05) is 63.0 Å². The van der Waals surface area contributed by atoms with E-state index in [0.717, 1.165) is 25.7 Å². The number of halogens is 2. The fourth-order valence-corrected chi connectivity index (χ4v) is 5.78. The number of fused-ring (bicyclic) bond motifs is 2. The van der Waals surface area contributed by atoms with E-state index in [0.29, 0.717) is 26.2 Å². The summed E-state index contributed by atoms with van der Waals surface area (Å²) in [5.74, 6) is -8.36. The maximum absolute atomic E-state index is 14.3. The average molecular weight is 533 g/mol. The molecule has 204 valence electrons. The summed E-state index contributed by atoms with van der Waals surface area (Å²) in [6.45, 7) is 2.78. The Morgan fingerprint density at radius 2 is 1.03 bits per heavy atom. The summed E-state index contributed by atoms with van der Waals surface area (Å²) in [6.07, 6.45) is 3.32. The molecule has 0 saturated carbocycles. The molecule has 2 fully saturated rings. The van der Waals surface area contributed by atoms with Gasteiger partial charge in [0.15, 0.2) is 11.5 Å². The van der Waals surface area contributed by atoms with Crippen LogP contribution in [0.5, 0.6) is 11.5 Å². The van der Waals surface area contributed by atoms with Crippen molar-refractivity contribution in [2.45, 2.75) is 25.7 Å². The zero-order chi connectivity index (χ0) is 27.2. The Balaban J connectivity index is 1.51. The lowest BCUT2D eigenvalue weighted by Gasteiger charge is -2.38. The van der Waals surface area contributed by atoms with Crippen LogP contribution in [0.25, 0.3) is 0 Å². The number of phenols is 2. The summed E-state index contributed by atoms with van der Waals surface area (Å²) in [7, 11) is 0. The van der Waals surface area contributed by atoms with Gasteiger partial charge in [-0.25, -0.2) is 0 Å². The Bertz CT molecular complexity index is 1210. The van der Waals surface area contributed by atoms with Gasteiger partial charge in [-0.1, -0.05) is 0 Å². The molecular formula is C26H30F2N4O6. The Morgan fingerprint density at radius 3 is 1.37 bits per heavy atom. The number of carbonyl (C=O) groups is 2. The van der Waals surface area contributed by atoms with E-state index in [1.54, 1.807) is 0 Å². The number of hydroxylamine groups is 6. The molecule has 2 aromatic carbocycles. The molecule has 2 aromatic rings. The van der Waals surface area contributed by atoms with E-state index in [4.69, 9.17) is 0 Å². The van der Waals surface area contributed by atoms with E-state index in [1.165, 1.54) is 12.1 Å². The highest BCUT2D eigenvalue weighted by molar-refractivity contribution is 6.33. The second-order valence-corrected chi connectivity index (χ2v) is 10.4. The second kappa shape index (κ2) is 9.77. The van der Waals surface area contributed by atoms with Crippen LogP contribution in [0.1, 0.15) is 57.5 Å². The highest BCUT2D eigenvalue weighted by Crippen LogP contribution is 2.44. The van der Waals surface area contributed by atoms with Crippen molar-refractivity contribution in [3.8, 4) is 11.5 Å². The second-order valence-electron chi connectivity index (χ2n) is 10.4. The summed E-state index contributed by atoms with van der Waals surface area (Å²) >= 11 is 0. The van der Waals surface area contributed by atoms with Crippen LogP contribution in [-0.2, 0) is 0 Å². The molecule has 0 atom stereocenters. The van der Waals surface area contributed by atoms with Crippen LogP contribution in [0.2, 0.25) is 0 Å². The Hall–Kier alpha value is -3.32. The van der Waals surface area contributed by atoms with Gasteiger partial charge in [-0.15, -0.1) is 0 Å². The van der Waals surface area contributed by atoms with Gasteiger partial charge >= 0.3 is 0 Å². The van der Waals surface area contributed by atoms with E-state index in [1.807, 2.05) is 0 Å². The smallest absolute Gasteiger partial charge is 0.205 e. The molecule has 0 radical (unpaired) electrons. The maximum atomic E-state index is 14.3. The first kappa shape index (κ1) is 26.3. The molecule has 2 heterocycles. The van der Waals surface area contributed by atoms with Crippen LogP contribution in [0.15, 0.2) is 12.1 Å². The monoisotopic (exact) mass is 532 g/mol. The molecule has 2 aliphatic heterocycles. The van der Waals surface area contributed by atoms with Crippen LogP contribution >= 0.6 is 0 Å². The molecule has 3 aliphatic rings. The number of benzene rings is 2. The van der Waals surface area contributed by atoms with Gasteiger partial charge in [0.25, 0.3) is 0 Å². The molecule has 0 amide bonds. The molecule has 10 nitrogen and oxygen atoms in total. The van der Waals surface area contributed by atoms with Gasteiger partial charge in [-0.05, 0) is 12.1 Å². The number of carbonyl (C=O) groups excluding carboxylic acids is 2. The van der Waals surface area contributed by atoms with Gasteiger partial charge in [0.1, 0.15) is 0 Å². The molecule has 2 saturated heterocycles. The highest BCUT2D eigenvalue weighted by atomic mass is 19.2. The first-order valence-electron chi connectivity index (χ1n) is 12.9. The molecular weight excluding hydrogens is 502 g/mol. The van der Waals surface area contributed by atoms with E-state index in [2.05, 4.69) is 10.6 Å². The molecule has 12 heteroatoms. The Morgan fingerprint density at radius 1 is 0.684 bits per heavy atom. The number of quaternary nitrogens is 2. The van der Waals surface area contributed by atoms with E-state index < -0.39 is 45.8 Å². The fourth-order valence-electron chi connectivity index (χ4n) is 5.78. The van der Waals surface area contributed by atoms with Crippen molar-refractivity contribution in [2.24, 2.45) is 0 Å². The predicted molar refractivity (Wildman–Crippen MR) is 135 cm³/mol. The van der Waals surface area contributed by atoms with Gasteiger partial charge in [0.05, 0.1) is 74.6 Å². The third kappa shape index (κ3) is 4.47. The Kier molecular flexibility index (Phi) is 6.76. The molecule has 0 aromatic heterocycles. The van der Waals surface area contributed by atoms with Crippen molar-refractivity contribution in [3.05, 3.63) is 56.4 Å². The Labute approximate surface area is 217 Å². The number of nitrogens with zero attached hydrogens (tertiary/aromatic N) is 2. The number of phenolic OH excluding ortho intramolecular Hbond substituents is 2. The van der Waals surface area contributed by atoms with E-state index in [-0.39, 0.29) is 58.0 Å². The first-order chi connectivity index (χ1) is 18.1. The minimum Gasteiger partial charge on any atom is -0.633 e. The van der Waals surface area contributed by atoms with Crippen LogP contribution in [0.3, 0.4) is 0 Å². The highest BCUT2D eigenvalue weighted by Gasteiger charge is 2.41. The van der Waals surface area contributed by atoms with Crippen molar-refractivity contribution >= 4 is 22.9 Å². The van der Waals surface area contributed by atoms with Crippen molar-refractivity contribution < 1.29 is 37.9 Å². The van der Waals surface area contributed by atoms with Crippen LogP contribution in [-0.4, -0.2) is 83.4 Å². The molecule has 5 rings (SSSR count). The van der Waals surface area contributed by atoms with Gasteiger partial charge in [0, 0.05) is 37.1 Å². The SMILES string of the molecule is O=C1c2c(NCC[N+]3([O-])CCCC3)ccc(NCC[N+]3([O-])CCCC3)c2C(=O)c2c(O)c(F)c(F)c(O)c21. The summed E-state index contributed by atoms with van der Waals surface area (Å²) in [5, 5.41) is 52.0. The number of anilines is 2. The first-order valence-corrected chi connectivity index (χ1v) is 12.9. The molecule has 1 aliphatic carbocycles. The van der Waals surface area contributed by atoms with Gasteiger partial charge in [-0.3, -0.25) is 9.59 Å². The molecule has 0 bridgehead atoms. The minimum absolute atomic E-state index is 0.177. The minimum atomic E-state index is -1.84. The summed E-state index contributed by atoms with van der Waals surface area (Å²) in [6, 6.07) is 3.04. The number of aromatic hydroxyl groups is 2. The van der Waals surface area contributed by atoms with Crippen molar-refractivity contribution in [1.82, 2.24) is 0 Å². The summed E-state index contributed by atoms with van der Waals surface area (Å²) in [4.78, 5) is 27.2. The maximum Gasteiger partial charge on any atom is 0.205 e. The number of likely N-dealkylation sites (tertiary alicyclic amines) is 2. The summed E-state index contributed by atoms with van der Waals surface area (Å²) in [5.41, 5.74) is -1.69. The van der Waals surface area contributed by atoms with Gasteiger partial charge in [0.2, 0.25) is 23.2 Å². The van der Waals surface area contributed by atoms with Gasteiger partial charge < -0.3 is 40.6 Å². The predicted octanol–water partition coefficient (Wildman–Crippen LogP) is 3.19. The fraction of sp³-hybridized carbons (Fsp3) is 0.462. The number of hydrogen-bond donors (Lipinski definition) is 4. The number of nitrogens with one attached hydrogen (secondary N) is 2. The van der Waals surface area contributed by atoms with Crippen molar-refractivity contribution in [1.29, 1.82) is 0 Å². The molecule has 0 spiro atoms. The van der Waals surface area contributed by atoms with Crippen LogP contribution in [0.4, 0.5) is 20.2 Å². The third-order valence-corrected chi connectivity index (χ3v) is 7.88. The lowest BCUT2D eigenvalue weighted by molar-refractivity contribution is -0.866. The normalized spacial score (nSPS) is 19.4. The quantitative estimate of drug-likeness (QED) is 0.197. The summed E-state index contributed by atoms with van der Waals surface area (Å²) < 4.78 is 27.8. The van der Waals surface area contributed by atoms with Crippen LogP contribution < -0.4 is 10.6 Å².